The molecule has 0 spiro atoms. The zero-order chi connectivity index (χ0) is 19.7. The normalized spacial score (nSPS) is 10.8. The third-order valence-electron chi connectivity index (χ3n) is 4.28. The van der Waals surface area contributed by atoms with Crippen molar-refractivity contribution in [2.24, 2.45) is 0 Å². The second-order valence-electron chi connectivity index (χ2n) is 6.40. The molecule has 0 radical (unpaired) electrons. The first-order chi connectivity index (χ1) is 12.8. The van der Waals surface area contributed by atoms with Crippen molar-refractivity contribution in [3.63, 3.8) is 0 Å². The fraction of sp³-hybridized carbons (Fsp3) is 0.250. The molecule has 3 rings (SSSR count). The lowest BCUT2D eigenvalue weighted by atomic mass is 10.1. The SMILES string of the molecule is CCn1c2ccc(NC(C)=O)cc2c2c(NC(C)=O)c(NC(C)=O)ccc21. The summed E-state index contributed by atoms with van der Waals surface area (Å²) < 4.78 is 2.13. The Labute approximate surface area is 156 Å². The number of aromatic nitrogens is 1. The van der Waals surface area contributed by atoms with Gasteiger partial charge in [-0.25, -0.2) is 0 Å². The van der Waals surface area contributed by atoms with Crippen molar-refractivity contribution in [2.75, 3.05) is 16.0 Å². The van der Waals surface area contributed by atoms with E-state index in [0.29, 0.717) is 17.1 Å². The molecule has 3 N–H and O–H groups in total. The van der Waals surface area contributed by atoms with Crippen LogP contribution in [0.25, 0.3) is 21.8 Å². The van der Waals surface area contributed by atoms with E-state index in [-0.39, 0.29) is 17.7 Å². The van der Waals surface area contributed by atoms with E-state index in [0.717, 1.165) is 28.4 Å². The first-order valence-electron chi connectivity index (χ1n) is 8.73. The van der Waals surface area contributed by atoms with E-state index in [1.165, 1.54) is 20.8 Å². The quantitative estimate of drug-likeness (QED) is 0.657. The fourth-order valence-corrected chi connectivity index (χ4v) is 3.41. The number of benzene rings is 2. The minimum absolute atomic E-state index is 0.158. The molecule has 140 valence electrons. The van der Waals surface area contributed by atoms with E-state index in [9.17, 15) is 14.4 Å². The maximum absolute atomic E-state index is 11.8. The minimum atomic E-state index is -0.232. The van der Waals surface area contributed by atoms with Crippen LogP contribution in [0.3, 0.4) is 0 Å². The lowest BCUT2D eigenvalue weighted by molar-refractivity contribution is -0.115. The number of carbonyl (C=O) groups excluding carboxylic acids is 3. The van der Waals surface area contributed by atoms with Gasteiger partial charge in [0.25, 0.3) is 0 Å². The Bertz CT molecular complexity index is 1080. The molecule has 0 aliphatic carbocycles. The maximum Gasteiger partial charge on any atom is 0.221 e. The van der Waals surface area contributed by atoms with Crippen molar-refractivity contribution in [3.8, 4) is 0 Å². The highest BCUT2D eigenvalue weighted by Gasteiger charge is 2.18. The number of fused-ring (bicyclic) bond motifs is 3. The molecular weight excluding hydrogens is 344 g/mol. The summed E-state index contributed by atoms with van der Waals surface area (Å²) in [5, 5.41) is 10.1. The average molecular weight is 366 g/mol. The highest BCUT2D eigenvalue weighted by atomic mass is 16.2. The highest BCUT2D eigenvalue weighted by molar-refractivity contribution is 6.20. The van der Waals surface area contributed by atoms with Gasteiger partial charge in [0.05, 0.1) is 16.9 Å². The van der Waals surface area contributed by atoms with Crippen LogP contribution in [-0.4, -0.2) is 22.3 Å². The van der Waals surface area contributed by atoms with Crippen LogP contribution in [0.5, 0.6) is 0 Å². The molecule has 0 unspecified atom stereocenters. The van der Waals surface area contributed by atoms with Gasteiger partial charge in [-0.1, -0.05) is 0 Å². The smallest absolute Gasteiger partial charge is 0.221 e. The van der Waals surface area contributed by atoms with Gasteiger partial charge in [0.2, 0.25) is 17.7 Å². The van der Waals surface area contributed by atoms with Crippen molar-refractivity contribution in [2.45, 2.75) is 34.2 Å². The summed E-state index contributed by atoms with van der Waals surface area (Å²) in [6.07, 6.45) is 0. The van der Waals surface area contributed by atoms with Crippen molar-refractivity contribution in [3.05, 3.63) is 30.3 Å². The van der Waals surface area contributed by atoms with E-state index in [1.54, 1.807) is 6.07 Å². The second-order valence-corrected chi connectivity index (χ2v) is 6.40. The molecule has 0 fully saturated rings. The van der Waals surface area contributed by atoms with E-state index in [4.69, 9.17) is 0 Å². The first-order valence-corrected chi connectivity index (χ1v) is 8.73. The second kappa shape index (κ2) is 7.11. The molecule has 0 aliphatic heterocycles. The molecule has 0 saturated heterocycles. The van der Waals surface area contributed by atoms with Crippen molar-refractivity contribution >= 4 is 56.6 Å². The summed E-state index contributed by atoms with van der Waals surface area (Å²) in [6, 6.07) is 9.39. The predicted octanol–water partition coefficient (Wildman–Crippen LogP) is 3.69. The summed E-state index contributed by atoms with van der Waals surface area (Å²) >= 11 is 0. The number of nitrogens with zero attached hydrogens (tertiary/aromatic N) is 1. The highest BCUT2D eigenvalue weighted by Crippen LogP contribution is 2.40. The predicted molar refractivity (Wildman–Crippen MR) is 108 cm³/mol. The standard InChI is InChI=1S/C20H22N4O3/c1-5-24-17-8-6-14(21-11(2)25)10-15(17)19-18(24)9-7-16(22-12(3)26)20(19)23-13(4)27/h6-10H,5H2,1-4H3,(H,21,25)(H,22,26)(H,23,27). The number of aryl methyl sites for hydroxylation is 1. The Morgan fingerprint density at radius 1 is 0.852 bits per heavy atom. The summed E-state index contributed by atoms with van der Waals surface area (Å²) in [5.41, 5.74) is 3.67. The number of rotatable bonds is 4. The van der Waals surface area contributed by atoms with Crippen LogP contribution in [0.2, 0.25) is 0 Å². The van der Waals surface area contributed by atoms with Crippen LogP contribution in [0.15, 0.2) is 30.3 Å². The average Bonchev–Trinajstić information content (AvgIpc) is 2.88. The van der Waals surface area contributed by atoms with Gasteiger partial charge >= 0.3 is 0 Å². The maximum atomic E-state index is 11.8. The summed E-state index contributed by atoms with van der Waals surface area (Å²) in [6.45, 7) is 7.08. The monoisotopic (exact) mass is 366 g/mol. The summed E-state index contributed by atoms with van der Waals surface area (Å²) in [7, 11) is 0. The molecule has 0 atom stereocenters. The number of carbonyl (C=O) groups is 3. The Balaban J connectivity index is 2.40. The van der Waals surface area contributed by atoms with Crippen LogP contribution in [-0.2, 0) is 20.9 Å². The molecule has 0 aliphatic rings. The van der Waals surface area contributed by atoms with Crippen LogP contribution >= 0.6 is 0 Å². The molecule has 2 aromatic carbocycles. The van der Waals surface area contributed by atoms with Crippen LogP contribution in [0.4, 0.5) is 17.1 Å². The molecule has 1 aromatic heterocycles. The molecule has 27 heavy (non-hydrogen) atoms. The third-order valence-corrected chi connectivity index (χ3v) is 4.28. The summed E-state index contributed by atoms with van der Waals surface area (Å²) in [5.74, 6) is -0.613. The van der Waals surface area contributed by atoms with Gasteiger partial charge in [0.1, 0.15) is 0 Å². The number of nitrogens with one attached hydrogen (secondary N) is 3. The fourth-order valence-electron chi connectivity index (χ4n) is 3.41. The number of hydrogen-bond donors (Lipinski definition) is 3. The van der Waals surface area contributed by atoms with Gasteiger partial charge in [-0.3, -0.25) is 14.4 Å². The zero-order valence-electron chi connectivity index (χ0n) is 15.8. The first kappa shape index (κ1) is 18.4. The largest absolute Gasteiger partial charge is 0.341 e. The van der Waals surface area contributed by atoms with Gasteiger partial charge in [0.15, 0.2) is 0 Å². The molecule has 1 heterocycles. The number of hydrogen-bond acceptors (Lipinski definition) is 3. The van der Waals surface area contributed by atoms with E-state index < -0.39 is 0 Å². The Kier molecular flexibility index (Phi) is 4.85. The van der Waals surface area contributed by atoms with Gasteiger partial charge in [-0.15, -0.1) is 0 Å². The van der Waals surface area contributed by atoms with Gasteiger partial charge in [-0.05, 0) is 37.3 Å². The molecule has 3 amide bonds. The van der Waals surface area contributed by atoms with Crippen LogP contribution in [0.1, 0.15) is 27.7 Å². The minimum Gasteiger partial charge on any atom is -0.341 e. The van der Waals surface area contributed by atoms with Gasteiger partial charge < -0.3 is 20.5 Å². The van der Waals surface area contributed by atoms with Crippen molar-refractivity contribution < 1.29 is 14.4 Å². The lowest BCUT2D eigenvalue weighted by Crippen LogP contribution is -2.12. The van der Waals surface area contributed by atoms with E-state index in [2.05, 4.69) is 20.5 Å². The molecular formula is C20H22N4O3. The third kappa shape index (κ3) is 3.48. The van der Waals surface area contributed by atoms with Crippen LogP contribution in [0, 0.1) is 0 Å². The Morgan fingerprint density at radius 3 is 2.07 bits per heavy atom. The van der Waals surface area contributed by atoms with Gasteiger partial charge in [-0.2, -0.15) is 0 Å². The summed E-state index contributed by atoms with van der Waals surface area (Å²) in [4.78, 5) is 34.9. The molecule has 7 heteroatoms. The lowest BCUT2D eigenvalue weighted by Gasteiger charge is -2.13. The van der Waals surface area contributed by atoms with Gasteiger partial charge in [0, 0.05) is 49.3 Å². The van der Waals surface area contributed by atoms with Crippen molar-refractivity contribution in [1.29, 1.82) is 0 Å². The zero-order valence-corrected chi connectivity index (χ0v) is 15.8. The Hall–Kier alpha value is -3.35. The van der Waals surface area contributed by atoms with E-state index in [1.807, 2.05) is 31.2 Å². The molecule has 3 aromatic rings. The number of amides is 3. The topological polar surface area (TPSA) is 92.2 Å². The molecule has 0 bridgehead atoms. The van der Waals surface area contributed by atoms with Crippen molar-refractivity contribution in [1.82, 2.24) is 4.57 Å². The van der Waals surface area contributed by atoms with Crippen LogP contribution < -0.4 is 16.0 Å². The Morgan fingerprint density at radius 2 is 1.48 bits per heavy atom. The van der Waals surface area contributed by atoms with E-state index >= 15 is 0 Å². The number of anilines is 3. The molecule has 0 saturated carbocycles. The molecule has 7 nitrogen and oxygen atoms in total.